The Morgan fingerprint density at radius 2 is 1.96 bits per heavy atom. The second-order valence-corrected chi connectivity index (χ2v) is 5.88. The second-order valence-electron chi connectivity index (χ2n) is 5.44. The lowest BCUT2D eigenvalue weighted by Gasteiger charge is -2.12. The van der Waals surface area contributed by atoms with Gasteiger partial charge in [0.1, 0.15) is 6.61 Å². The van der Waals surface area contributed by atoms with E-state index >= 15 is 0 Å². The van der Waals surface area contributed by atoms with Crippen LogP contribution in [0.15, 0.2) is 48.5 Å². The van der Waals surface area contributed by atoms with Gasteiger partial charge in [0.15, 0.2) is 5.82 Å². The van der Waals surface area contributed by atoms with Gasteiger partial charge in [-0.1, -0.05) is 29.8 Å². The second kappa shape index (κ2) is 5.74. The highest BCUT2D eigenvalue weighted by Gasteiger charge is 2.29. The van der Waals surface area contributed by atoms with Crippen molar-refractivity contribution in [1.29, 1.82) is 0 Å². The highest BCUT2D eigenvalue weighted by molar-refractivity contribution is 6.31. The molecule has 24 heavy (non-hydrogen) atoms. The number of aliphatic hydroxyl groups excluding tert-OH is 1. The first-order valence-corrected chi connectivity index (χ1v) is 7.78. The quantitative estimate of drug-likeness (QED) is 0.573. The monoisotopic (exact) mass is 340 g/mol. The fourth-order valence-corrected chi connectivity index (χ4v) is 3.14. The van der Waals surface area contributed by atoms with E-state index in [9.17, 15) is 10.3 Å². The molecule has 1 aromatic heterocycles. The molecular formula is C17H13ClN4O2. The van der Waals surface area contributed by atoms with Gasteiger partial charge in [0.2, 0.25) is 18.1 Å². The highest BCUT2D eigenvalue weighted by Crippen LogP contribution is 2.27. The number of hydroxylamine groups is 1. The molecule has 0 unspecified atom stereocenters. The first-order chi connectivity index (χ1) is 11.7. The van der Waals surface area contributed by atoms with Gasteiger partial charge in [0.25, 0.3) is 0 Å². The zero-order valence-electron chi connectivity index (χ0n) is 12.6. The van der Waals surface area contributed by atoms with Crippen LogP contribution in [0, 0.1) is 5.21 Å². The van der Waals surface area contributed by atoms with E-state index in [2.05, 4.69) is 10.2 Å². The third-order valence-electron chi connectivity index (χ3n) is 3.97. The zero-order chi connectivity index (χ0) is 16.7. The molecule has 2 aromatic carbocycles. The molecule has 0 fully saturated rings. The maximum atomic E-state index is 12.8. The van der Waals surface area contributed by atoms with E-state index in [1.54, 1.807) is 16.7 Å². The normalized spacial score (nSPS) is 13.4. The van der Waals surface area contributed by atoms with Crippen molar-refractivity contribution >= 4 is 17.3 Å². The lowest BCUT2D eigenvalue weighted by Crippen LogP contribution is -2.17. The summed E-state index contributed by atoms with van der Waals surface area (Å²) in [4.78, 5) is 0. The van der Waals surface area contributed by atoms with E-state index in [1.165, 1.54) is 0 Å². The molecule has 0 amide bonds. The third-order valence-corrected chi connectivity index (χ3v) is 4.21. The number of nitrogens with zero attached hydrogens (tertiary/aromatic N) is 4. The summed E-state index contributed by atoms with van der Waals surface area (Å²) in [7, 11) is 0. The number of hydrogen-bond donors (Lipinski definition) is 1. The summed E-state index contributed by atoms with van der Waals surface area (Å²) >= 11 is 6.18. The molecule has 7 heteroatoms. The third kappa shape index (κ3) is 2.28. The van der Waals surface area contributed by atoms with Crippen LogP contribution in [-0.2, 0) is 13.2 Å². The van der Waals surface area contributed by atoms with Crippen LogP contribution in [0.2, 0.25) is 5.02 Å². The Morgan fingerprint density at radius 3 is 2.71 bits per heavy atom. The molecule has 6 nitrogen and oxygen atoms in total. The Hall–Kier alpha value is -2.70. The minimum atomic E-state index is -0.269. The van der Waals surface area contributed by atoms with Crippen molar-refractivity contribution in [2.45, 2.75) is 13.2 Å². The van der Waals surface area contributed by atoms with Crippen LogP contribution in [0.5, 0.6) is 0 Å². The lowest BCUT2D eigenvalue weighted by molar-refractivity contribution is -0.475. The fraction of sp³-hybridized carbons (Fsp3) is 0.118. The SMILES string of the molecule is [O-][N+]1=C(c2ccccc2)c2cc(Cl)ccc2-n2c(CO)nnc2C1. The highest BCUT2D eigenvalue weighted by atomic mass is 35.5. The predicted octanol–water partition coefficient (Wildman–Crippen LogP) is 2.27. The molecule has 1 N–H and O–H groups in total. The maximum Gasteiger partial charge on any atom is 0.228 e. The molecule has 0 spiro atoms. The Labute approximate surface area is 142 Å². The van der Waals surface area contributed by atoms with E-state index in [-0.39, 0.29) is 13.2 Å². The van der Waals surface area contributed by atoms with Crippen LogP contribution in [0.1, 0.15) is 22.8 Å². The average molecular weight is 341 g/mol. The molecule has 3 aromatic rings. The van der Waals surface area contributed by atoms with Gasteiger partial charge in [-0.2, -0.15) is 4.74 Å². The Balaban J connectivity index is 2.06. The predicted molar refractivity (Wildman–Crippen MR) is 89.3 cm³/mol. The number of aliphatic hydroxyl groups is 1. The number of benzene rings is 2. The first kappa shape index (κ1) is 14.9. The molecule has 0 saturated heterocycles. The molecule has 0 aliphatic carbocycles. The average Bonchev–Trinajstić information content (AvgIpc) is 2.94. The molecule has 0 bridgehead atoms. The van der Waals surface area contributed by atoms with Gasteiger partial charge in [-0.25, -0.2) is 0 Å². The summed E-state index contributed by atoms with van der Waals surface area (Å²) < 4.78 is 2.60. The van der Waals surface area contributed by atoms with Crippen molar-refractivity contribution in [3.8, 4) is 5.69 Å². The van der Waals surface area contributed by atoms with E-state index < -0.39 is 0 Å². The molecule has 0 saturated carbocycles. The number of hydrogen-bond acceptors (Lipinski definition) is 4. The van der Waals surface area contributed by atoms with Gasteiger partial charge in [0, 0.05) is 10.6 Å². The van der Waals surface area contributed by atoms with E-state index in [0.29, 0.717) is 27.9 Å². The van der Waals surface area contributed by atoms with Crippen molar-refractivity contribution in [2.75, 3.05) is 0 Å². The van der Waals surface area contributed by atoms with Crippen LogP contribution in [0.3, 0.4) is 0 Å². The largest absolute Gasteiger partial charge is 0.623 e. The molecule has 0 atom stereocenters. The van der Waals surface area contributed by atoms with Crippen LogP contribution >= 0.6 is 11.6 Å². The number of rotatable bonds is 2. The molecule has 120 valence electrons. The molecule has 1 aliphatic rings. The van der Waals surface area contributed by atoms with Gasteiger partial charge in [-0.3, -0.25) is 4.57 Å². The summed E-state index contributed by atoms with van der Waals surface area (Å²) in [5, 5.41) is 30.9. The molecule has 1 aliphatic heterocycles. The van der Waals surface area contributed by atoms with Crippen molar-refractivity contribution in [3.05, 3.63) is 81.5 Å². The molecule has 0 radical (unpaired) electrons. The number of fused-ring (bicyclic) bond motifs is 3. The summed E-state index contributed by atoms with van der Waals surface area (Å²) in [5.41, 5.74) is 2.71. The van der Waals surface area contributed by atoms with Gasteiger partial charge < -0.3 is 10.3 Å². The smallest absolute Gasteiger partial charge is 0.228 e. The van der Waals surface area contributed by atoms with Crippen molar-refractivity contribution in [3.63, 3.8) is 0 Å². The van der Waals surface area contributed by atoms with Gasteiger partial charge >= 0.3 is 0 Å². The van der Waals surface area contributed by atoms with E-state index in [0.717, 1.165) is 16.0 Å². The zero-order valence-corrected chi connectivity index (χ0v) is 13.3. The lowest BCUT2D eigenvalue weighted by atomic mass is 10.0. The summed E-state index contributed by atoms with van der Waals surface area (Å²) in [6.07, 6.45) is 0. The van der Waals surface area contributed by atoms with Crippen molar-refractivity contribution in [1.82, 2.24) is 14.8 Å². The van der Waals surface area contributed by atoms with Crippen molar-refractivity contribution in [2.24, 2.45) is 0 Å². The summed E-state index contributed by atoms with van der Waals surface area (Å²) in [6, 6.07) is 14.7. The fourth-order valence-electron chi connectivity index (χ4n) is 2.97. The summed E-state index contributed by atoms with van der Waals surface area (Å²) in [6.45, 7) is -0.238. The number of aromatic nitrogens is 3. The van der Waals surface area contributed by atoms with Crippen LogP contribution in [-0.4, -0.2) is 30.3 Å². The van der Waals surface area contributed by atoms with Crippen LogP contribution < -0.4 is 0 Å². The summed E-state index contributed by atoms with van der Waals surface area (Å²) in [5.74, 6) is 0.861. The van der Waals surface area contributed by atoms with Crippen LogP contribution in [0.4, 0.5) is 0 Å². The first-order valence-electron chi connectivity index (χ1n) is 7.40. The topological polar surface area (TPSA) is 77.0 Å². The minimum absolute atomic E-state index is 0.0313. The van der Waals surface area contributed by atoms with Crippen LogP contribution in [0.25, 0.3) is 5.69 Å². The minimum Gasteiger partial charge on any atom is -0.623 e. The maximum absolute atomic E-state index is 12.8. The Bertz CT molecular complexity index is 950. The van der Waals surface area contributed by atoms with E-state index in [1.807, 2.05) is 36.4 Å². The van der Waals surface area contributed by atoms with Gasteiger partial charge in [-0.05, 0) is 30.3 Å². The molecule has 4 rings (SSSR count). The molecular weight excluding hydrogens is 328 g/mol. The Kier molecular flexibility index (Phi) is 3.55. The van der Waals surface area contributed by atoms with Crippen molar-refractivity contribution < 1.29 is 9.85 Å². The molecule has 2 heterocycles. The Morgan fingerprint density at radius 1 is 1.17 bits per heavy atom. The van der Waals surface area contributed by atoms with Gasteiger partial charge in [-0.15, -0.1) is 10.2 Å². The van der Waals surface area contributed by atoms with E-state index in [4.69, 9.17) is 11.6 Å². The number of halogens is 1. The standard InChI is InChI=1S/C17H13ClN4O2/c18-12-6-7-14-13(8-12)17(11-4-2-1-3-5-11)21(24)9-15-19-20-16(10-23)22(14)15/h1-8,23H,9-10H2. The van der Waals surface area contributed by atoms with Gasteiger partial charge in [0.05, 0.1) is 11.3 Å².